The summed E-state index contributed by atoms with van der Waals surface area (Å²) < 4.78 is 37.6. The molecule has 2 rings (SSSR count). The van der Waals surface area contributed by atoms with Crippen LogP contribution in [0, 0.1) is 11.6 Å². The predicted octanol–water partition coefficient (Wildman–Crippen LogP) is 3.05. The maximum atomic E-state index is 13.5. The quantitative estimate of drug-likeness (QED) is 0.915. The van der Waals surface area contributed by atoms with E-state index in [2.05, 4.69) is 0 Å². The lowest BCUT2D eigenvalue weighted by molar-refractivity contribution is 0.282. The van der Waals surface area contributed by atoms with E-state index in [1.807, 2.05) is 0 Å². The Morgan fingerprint density at radius 1 is 1.05 bits per heavy atom. The number of rotatable bonds is 5. The normalized spacial score (nSPS) is 12.0. The van der Waals surface area contributed by atoms with Crippen molar-refractivity contribution in [2.24, 2.45) is 5.73 Å². The average molecular weight is 279 g/mol. The van der Waals surface area contributed by atoms with Crippen LogP contribution in [0.2, 0.25) is 0 Å². The van der Waals surface area contributed by atoms with Gasteiger partial charge in [-0.3, -0.25) is 0 Å². The number of methoxy groups -OCH3 is 1. The predicted molar refractivity (Wildman–Crippen MR) is 71.8 cm³/mol. The number of hydrogen-bond donors (Lipinski definition) is 1. The van der Waals surface area contributed by atoms with E-state index in [4.69, 9.17) is 15.2 Å². The highest BCUT2D eigenvalue weighted by Crippen LogP contribution is 2.22. The van der Waals surface area contributed by atoms with Gasteiger partial charge >= 0.3 is 0 Å². The van der Waals surface area contributed by atoms with Gasteiger partial charge in [-0.15, -0.1) is 0 Å². The van der Waals surface area contributed by atoms with Crippen LogP contribution in [0.25, 0.3) is 0 Å². The monoisotopic (exact) mass is 279 g/mol. The van der Waals surface area contributed by atoms with Crippen molar-refractivity contribution in [3.05, 3.63) is 59.7 Å². The molecule has 20 heavy (non-hydrogen) atoms. The second kappa shape index (κ2) is 6.34. The summed E-state index contributed by atoms with van der Waals surface area (Å²) in [4.78, 5) is 0. The number of hydrogen-bond acceptors (Lipinski definition) is 3. The summed E-state index contributed by atoms with van der Waals surface area (Å²) in [6.45, 7) is -0.0367. The molecule has 0 aliphatic heterocycles. The van der Waals surface area contributed by atoms with Crippen molar-refractivity contribution in [3.8, 4) is 11.5 Å². The molecule has 2 N–H and O–H groups in total. The Balaban J connectivity index is 2.06. The molecule has 106 valence electrons. The Morgan fingerprint density at radius 3 is 2.30 bits per heavy atom. The van der Waals surface area contributed by atoms with Crippen molar-refractivity contribution in [1.29, 1.82) is 0 Å². The lowest BCUT2D eigenvalue weighted by atomic mass is 10.1. The van der Waals surface area contributed by atoms with Crippen molar-refractivity contribution in [1.82, 2.24) is 0 Å². The summed E-state index contributed by atoms with van der Waals surface area (Å²) in [5.41, 5.74) is 5.61. The summed E-state index contributed by atoms with van der Waals surface area (Å²) in [5.74, 6) is -0.192. The summed E-state index contributed by atoms with van der Waals surface area (Å²) in [6.07, 6.45) is 0. The third-order valence-corrected chi connectivity index (χ3v) is 2.84. The molecular formula is C15H15F2NO2. The maximum Gasteiger partial charge on any atom is 0.131 e. The molecule has 0 aliphatic rings. The van der Waals surface area contributed by atoms with E-state index in [1.165, 1.54) is 18.2 Å². The van der Waals surface area contributed by atoms with Crippen LogP contribution in [0.15, 0.2) is 42.5 Å². The third-order valence-electron chi connectivity index (χ3n) is 2.84. The fraction of sp³-hybridized carbons (Fsp3) is 0.200. The first-order chi connectivity index (χ1) is 9.61. The SMILES string of the molecule is COc1cccc(OCC(N)c2c(F)cccc2F)c1. The van der Waals surface area contributed by atoms with E-state index in [-0.39, 0.29) is 12.2 Å². The minimum Gasteiger partial charge on any atom is -0.497 e. The van der Waals surface area contributed by atoms with Gasteiger partial charge in [-0.05, 0) is 24.3 Å². The average Bonchev–Trinajstić information content (AvgIpc) is 2.45. The first-order valence-electron chi connectivity index (χ1n) is 6.08. The highest BCUT2D eigenvalue weighted by atomic mass is 19.1. The van der Waals surface area contributed by atoms with Crippen LogP contribution in [0.5, 0.6) is 11.5 Å². The molecule has 0 amide bonds. The fourth-order valence-electron chi connectivity index (χ4n) is 1.83. The maximum absolute atomic E-state index is 13.5. The fourth-order valence-corrected chi connectivity index (χ4v) is 1.83. The minimum absolute atomic E-state index is 0.0367. The zero-order valence-corrected chi connectivity index (χ0v) is 11.0. The van der Waals surface area contributed by atoms with E-state index in [0.717, 1.165) is 0 Å². The second-order valence-electron chi connectivity index (χ2n) is 4.23. The first kappa shape index (κ1) is 14.3. The summed E-state index contributed by atoms with van der Waals surface area (Å²) in [6, 6.07) is 9.66. The minimum atomic E-state index is -0.887. The molecule has 5 heteroatoms. The van der Waals surface area contributed by atoms with Gasteiger partial charge < -0.3 is 15.2 Å². The molecular weight excluding hydrogens is 264 g/mol. The van der Waals surface area contributed by atoms with Crippen LogP contribution in [0.3, 0.4) is 0 Å². The molecule has 3 nitrogen and oxygen atoms in total. The van der Waals surface area contributed by atoms with Crippen LogP contribution < -0.4 is 15.2 Å². The van der Waals surface area contributed by atoms with Gasteiger partial charge in [0.25, 0.3) is 0 Å². The first-order valence-corrected chi connectivity index (χ1v) is 6.08. The number of nitrogens with two attached hydrogens (primary N) is 1. The van der Waals surface area contributed by atoms with Crippen molar-refractivity contribution in [2.75, 3.05) is 13.7 Å². The molecule has 2 aromatic rings. The number of ether oxygens (including phenoxy) is 2. The van der Waals surface area contributed by atoms with E-state index in [9.17, 15) is 8.78 Å². The number of benzene rings is 2. The molecule has 0 spiro atoms. The van der Waals surface area contributed by atoms with Gasteiger partial charge in [0.2, 0.25) is 0 Å². The topological polar surface area (TPSA) is 44.5 Å². The Morgan fingerprint density at radius 2 is 1.65 bits per heavy atom. The zero-order chi connectivity index (χ0) is 14.5. The standard InChI is InChI=1S/C15H15F2NO2/c1-19-10-4-2-5-11(8-10)20-9-14(18)15-12(16)6-3-7-13(15)17/h2-8,14H,9,18H2,1H3. The Kier molecular flexibility index (Phi) is 4.53. The van der Waals surface area contributed by atoms with Crippen molar-refractivity contribution in [2.45, 2.75) is 6.04 Å². The molecule has 0 bridgehead atoms. The molecule has 0 saturated heterocycles. The van der Waals surface area contributed by atoms with Gasteiger partial charge in [0.1, 0.15) is 29.7 Å². The highest BCUT2D eigenvalue weighted by molar-refractivity contribution is 5.33. The lowest BCUT2D eigenvalue weighted by Gasteiger charge is -2.15. The van der Waals surface area contributed by atoms with Crippen LogP contribution in [-0.4, -0.2) is 13.7 Å². The van der Waals surface area contributed by atoms with Crippen molar-refractivity contribution >= 4 is 0 Å². The van der Waals surface area contributed by atoms with E-state index in [1.54, 1.807) is 31.4 Å². The van der Waals surface area contributed by atoms with Crippen molar-refractivity contribution in [3.63, 3.8) is 0 Å². The van der Waals surface area contributed by atoms with E-state index in [0.29, 0.717) is 11.5 Å². The van der Waals surface area contributed by atoms with Gasteiger partial charge in [0, 0.05) is 11.6 Å². The van der Waals surface area contributed by atoms with Gasteiger partial charge in [-0.25, -0.2) is 8.78 Å². The zero-order valence-electron chi connectivity index (χ0n) is 11.0. The largest absolute Gasteiger partial charge is 0.497 e. The third kappa shape index (κ3) is 3.24. The van der Waals surface area contributed by atoms with Crippen molar-refractivity contribution < 1.29 is 18.3 Å². The highest BCUT2D eigenvalue weighted by Gasteiger charge is 2.17. The van der Waals surface area contributed by atoms with Gasteiger partial charge in [-0.1, -0.05) is 12.1 Å². The molecule has 0 saturated carbocycles. The summed E-state index contributed by atoms with van der Waals surface area (Å²) in [5, 5.41) is 0. The molecule has 1 unspecified atom stereocenters. The molecule has 2 aromatic carbocycles. The van der Waals surface area contributed by atoms with Crippen LogP contribution in [0.1, 0.15) is 11.6 Å². The van der Waals surface area contributed by atoms with Gasteiger partial charge in [0.05, 0.1) is 13.2 Å². The van der Waals surface area contributed by atoms with E-state index < -0.39 is 17.7 Å². The van der Waals surface area contributed by atoms with Crippen LogP contribution >= 0.6 is 0 Å². The van der Waals surface area contributed by atoms with Gasteiger partial charge in [0.15, 0.2) is 0 Å². The summed E-state index contributed by atoms with van der Waals surface area (Å²) >= 11 is 0. The van der Waals surface area contributed by atoms with Crippen LogP contribution in [-0.2, 0) is 0 Å². The molecule has 0 fully saturated rings. The van der Waals surface area contributed by atoms with Gasteiger partial charge in [-0.2, -0.15) is 0 Å². The van der Waals surface area contributed by atoms with E-state index >= 15 is 0 Å². The molecule has 1 atom stereocenters. The molecule has 0 radical (unpaired) electrons. The second-order valence-corrected chi connectivity index (χ2v) is 4.23. The Labute approximate surface area is 115 Å². The van der Waals surface area contributed by atoms with Crippen LogP contribution in [0.4, 0.5) is 8.78 Å². The summed E-state index contributed by atoms with van der Waals surface area (Å²) in [7, 11) is 1.54. The Hall–Kier alpha value is -2.14. The molecule has 0 aliphatic carbocycles. The molecule has 0 aromatic heterocycles. The number of halogens is 2. The lowest BCUT2D eigenvalue weighted by Crippen LogP contribution is -2.21. The smallest absolute Gasteiger partial charge is 0.131 e. The Bertz CT molecular complexity index is 570. The molecule has 0 heterocycles.